The third-order valence-corrected chi connectivity index (χ3v) is 4.55. The molecule has 0 aliphatic carbocycles. The Balaban J connectivity index is 1.50. The summed E-state index contributed by atoms with van der Waals surface area (Å²) in [5.74, 6) is 0.940. The molecule has 0 spiro atoms. The predicted molar refractivity (Wildman–Crippen MR) is 105 cm³/mol. The van der Waals surface area contributed by atoms with Gasteiger partial charge >= 0.3 is 0 Å². The molecule has 3 aromatic rings. The van der Waals surface area contributed by atoms with Gasteiger partial charge in [-0.15, -0.1) is 0 Å². The van der Waals surface area contributed by atoms with Crippen molar-refractivity contribution in [3.05, 3.63) is 64.6 Å². The van der Waals surface area contributed by atoms with E-state index in [-0.39, 0.29) is 5.91 Å². The summed E-state index contributed by atoms with van der Waals surface area (Å²) in [6.07, 6.45) is 3.68. The summed E-state index contributed by atoms with van der Waals surface area (Å²) >= 11 is 6.22. The number of halogens is 1. The van der Waals surface area contributed by atoms with Crippen LogP contribution in [0.4, 0.5) is 23.1 Å². The summed E-state index contributed by atoms with van der Waals surface area (Å²) in [6.45, 7) is 2.52. The monoisotopic (exact) mass is 380 g/mol. The van der Waals surface area contributed by atoms with Gasteiger partial charge < -0.3 is 16.0 Å². The van der Waals surface area contributed by atoms with Crippen molar-refractivity contribution in [3.63, 3.8) is 0 Å². The lowest BCUT2D eigenvalue weighted by molar-refractivity contribution is -0.115. The SMILES string of the molecule is Cc1cccnc1CNc1nc(Nc2ccc3c(c2)CC(=O)N3)ncc1Cl. The topological polar surface area (TPSA) is 91.8 Å². The smallest absolute Gasteiger partial charge is 0.229 e. The maximum atomic E-state index is 11.5. The molecule has 27 heavy (non-hydrogen) atoms. The van der Waals surface area contributed by atoms with Gasteiger partial charge in [-0.25, -0.2) is 4.98 Å². The molecule has 0 atom stereocenters. The third-order valence-electron chi connectivity index (χ3n) is 4.27. The first-order chi connectivity index (χ1) is 13.1. The van der Waals surface area contributed by atoms with E-state index < -0.39 is 0 Å². The Morgan fingerprint density at radius 3 is 3.00 bits per heavy atom. The zero-order valence-electron chi connectivity index (χ0n) is 14.6. The van der Waals surface area contributed by atoms with Crippen LogP contribution >= 0.6 is 11.6 Å². The van der Waals surface area contributed by atoms with Gasteiger partial charge in [0.2, 0.25) is 11.9 Å². The Hall–Kier alpha value is -3.19. The van der Waals surface area contributed by atoms with E-state index in [4.69, 9.17) is 11.6 Å². The number of carbonyl (C=O) groups excluding carboxylic acids is 1. The lowest BCUT2D eigenvalue weighted by Gasteiger charge is -2.11. The largest absolute Gasteiger partial charge is 0.363 e. The molecular weight excluding hydrogens is 364 g/mol. The molecule has 3 N–H and O–H groups in total. The van der Waals surface area contributed by atoms with E-state index in [1.165, 1.54) is 0 Å². The zero-order chi connectivity index (χ0) is 18.8. The first-order valence-corrected chi connectivity index (χ1v) is 8.83. The van der Waals surface area contributed by atoms with Crippen LogP contribution < -0.4 is 16.0 Å². The van der Waals surface area contributed by atoms with Crippen molar-refractivity contribution >= 4 is 40.6 Å². The number of hydrogen-bond acceptors (Lipinski definition) is 6. The van der Waals surface area contributed by atoms with Gasteiger partial charge in [0.1, 0.15) is 5.02 Å². The highest BCUT2D eigenvalue weighted by molar-refractivity contribution is 6.32. The Kier molecular flexibility index (Phi) is 4.60. The van der Waals surface area contributed by atoms with Crippen LogP contribution in [0.25, 0.3) is 0 Å². The maximum Gasteiger partial charge on any atom is 0.229 e. The van der Waals surface area contributed by atoms with Crippen LogP contribution in [0.1, 0.15) is 16.8 Å². The van der Waals surface area contributed by atoms with Crippen molar-refractivity contribution in [3.8, 4) is 0 Å². The van der Waals surface area contributed by atoms with E-state index in [9.17, 15) is 4.79 Å². The molecule has 7 nitrogen and oxygen atoms in total. The summed E-state index contributed by atoms with van der Waals surface area (Å²) in [6, 6.07) is 9.55. The number of pyridine rings is 1. The molecule has 2 aromatic heterocycles. The second kappa shape index (κ2) is 7.20. The first-order valence-electron chi connectivity index (χ1n) is 8.45. The molecule has 0 fully saturated rings. The van der Waals surface area contributed by atoms with E-state index in [1.54, 1.807) is 12.4 Å². The normalized spacial score (nSPS) is 12.4. The van der Waals surface area contributed by atoms with Crippen LogP contribution in [-0.2, 0) is 17.8 Å². The Morgan fingerprint density at radius 2 is 2.15 bits per heavy atom. The standard InChI is InChI=1S/C19H17ClN6O/c1-11-3-2-6-21-16(11)10-22-18-14(20)9-23-19(26-18)24-13-4-5-15-12(7-13)8-17(27)25-15/h2-7,9H,8,10H2,1H3,(H,25,27)(H2,22,23,24,26). The van der Waals surface area contributed by atoms with Crippen LogP contribution in [0.2, 0.25) is 5.02 Å². The van der Waals surface area contributed by atoms with Gasteiger partial charge in [0.05, 0.1) is 24.9 Å². The number of aromatic nitrogens is 3. The van der Waals surface area contributed by atoms with Gasteiger partial charge in [0, 0.05) is 17.6 Å². The van der Waals surface area contributed by atoms with Crippen molar-refractivity contribution < 1.29 is 4.79 Å². The molecule has 1 aliphatic heterocycles. The van der Waals surface area contributed by atoms with Crippen LogP contribution in [0, 0.1) is 6.92 Å². The predicted octanol–water partition coefficient (Wildman–Crippen LogP) is 3.68. The molecule has 3 heterocycles. The van der Waals surface area contributed by atoms with E-state index in [0.717, 1.165) is 28.2 Å². The van der Waals surface area contributed by atoms with Crippen LogP contribution in [0.3, 0.4) is 0 Å². The first kappa shape index (κ1) is 17.2. The number of rotatable bonds is 5. The molecule has 136 valence electrons. The summed E-state index contributed by atoms with van der Waals surface area (Å²) in [7, 11) is 0. The average Bonchev–Trinajstić information content (AvgIpc) is 3.02. The molecule has 0 saturated heterocycles. The molecule has 1 aliphatic rings. The lowest BCUT2D eigenvalue weighted by atomic mass is 10.1. The Morgan fingerprint density at radius 1 is 1.26 bits per heavy atom. The van der Waals surface area contributed by atoms with Crippen molar-refractivity contribution in [1.29, 1.82) is 0 Å². The number of hydrogen-bond donors (Lipinski definition) is 3. The Bertz CT molecular complexity index is 1020. The third kappa shape index (κ3) is 3.83. The second-order valence-corrected chi connectivity index (χ2v) is 6.64. The Labute approximate surface area is 161 Å². The van der Waals surface area contributed by atoms with Gasteiger partial charge in [-0.3, -0.25) is 9.78 Å². The number of amides is 1. The number of nitrogens with zero attached hydrogens (tertiary/aromatic N) is 3. The van der Waals surface area contributed by atoms with Gasteiger partial charge in [-0.2, -0.15) is 4.98 Å². The van der Waals surface area contributed by atoms with Gasteiger partial charge in [0.15, 0.2) is 5.82 Å². The van der Waals surface area contributed by atoms with Gasteiger partial charge in [-0.05, 0) is 42.3 Å². The molecule has 8 heteroatoms. The number of anilines is 4. The number of fused-ring (bicyclic) bond motifs is 1. The van der Waals surface area contributed by atoms with Crippen molar-refractivity contribution in [1.82, 2.24) is 15.0 Å². The molecule has 1 aromatic carbocycles. The highest BCUT2D eigenvalue weighted by atomic mass is 35.5. The quantitative estimate of drug-likeness (QED) is 0.625. The van der Waals surface area contributed by atoms with Gasteiger partial charge in [-0.1, -0.05) is 17.7 Å². The summed E-state index contributed by atoms with van der Waals surface area (Å²) in [5.41, 5.74) is 4.62. The number of aryl methyl sites for hydroxylation is 1. The van der Waals surface area contributed by atoms with E-state index in [2.05, 4.69) is 30.9 Å². The molecule has 4 rings (SSSR count). The van der Waals surface area contributed by atoms with Crippen molar-refractivity contribution in [2.75, 3.05) is 16.0 Å². The fraction of sp³-hybridized carbons (Fsp3) is 0.158. The zero-order valence-corrected chi connectivity index (χ0v) is 15.3. The number of carbonyl (C=O) groups is 1. The van der Waals surface area contributed by atoms with Crippen molar-refractivity contribution in [2.24, 2.45) is 0 Å². The highest BCUT2D eigenvalue weighted by Gasteiger charge is 2.17. The summed E-state index contributed by atoms with van der Waals surface area (Å²) in [5, 5.41) is 9.59. The minimum Gasteiger partial charge on any atom is -0.363 e. The fourth-order valence-corrected chi connectivity index (χ4v) is 3.02. The summed E-state index contributed by atoms with van der Waals surface area (Å²) < 4.78 is 0. The maximum absolute atomic E-state index is 11.5. The van der Waals surface area contributed by atoms with Gasteiger partial charge in [0.25, 0.3) is 0 Å². The molecule has 0 bridgehead atoms. The van der Waals surface area contributed by atoms with E-state index in [0.29, 0.717) is 29.8 Å². The number of nitrogens with one attached hydrogen (secondary N) is 3. The molecule has 1 amide bonds. The van der Waals surface area contributed by atoms with E-state index in [1.807, 2.05) is 37.3 Å². The molecule has 0 radical (unpaired) electrons. The second-order valence-electron chi connectivity index (χ2n) is 6.23. The minimum absolute atomic E-state index is 0.00111. The average molecular weight is 381 g/mol. The molecule has 0 unspecified atom stereocenters. The minimum atomic E-state index is 0.00111. The highest BCUT2D eigenvalue weighted by Crippen LogP contribution is 2.28. The van der Waals surface area contributed by atoms with Crippen LogP contribution in [0.5, 0.6) is 0 Å². The lowest BCUT2D eigenvalue weighted by Crippen LogP contribution is -2.07. The summed E-state index contributed by atoms with van der Waals surface area (Å²) in [4.78, 5) is 24.5. The van der Waals surface area contributed by atoms with Crippen LogP contribution in [-0.4, -0.2) is 20.9 Å². The van der Waals surface area contributed by atoms with E-state index >= 15 is 0 Å². The molecule has 0 saturated carbocycles. The number of benzene rings is 1. The van der Waals surface area contributed by atoms with Crippen LogP contribution in [0.15, 0.2) is 42.7 Å². The molecular formula is C19H17ClN6O. The van der Waals surface area contributed by atoms with Crippen molar-refractivity contribution in [2.45, 2.75) is 19.9 Å². The fourth-order valence-electron chi connectivity index (χ4n) is 2.86.